The van der Waals surface area contributed by atoms with Crippen LogP contribution in [0.4, 0.5) is 4.79 Å². The third-order valence-corrected chi connectivity index (χ3v) is 5.54. The van der Waals surface area contributed by atoms with E-state index < -0.39 is 0 Å². The summed E-state index contributed by atoms with van der Waals surface area (Å²) in [7, 11) is 0. The van der Waals surface area contributed by atoms with Crippen LogP contribution in [0.2, 0.25) is 0 Å². The van der Waals surface area contributed by atoms with Crippen molar-refractivity contribution < 1.29 is 9.53 Å². The highest BCUT2D eigenvalue weighted by Gasteiger charge is 2.14. The molecule has 0 heterocycles. The van der Waals surface area contributed by atoms with Gasteiger partial charge in [0.2, 0.25) is 0 Å². The molecule has 3 nitrogen and oxygen atoms in total. The largest absolute Gasteiger partial charge is 0.449 e. The third-order valence-electron chi connectivity index (χ3n) is 5.54. The van der Waals surface area contributed by atoms with E-state index in [2.05, 4.69) is 20.8 Å². The first-order valence-corrected chi connectivity index (χ1v) is 12.7. The van der Waals surface area contributed by atoms with Crippen LogP contribution in [-0.2, 0) is 4.74 Å². The second kappa shape index (κ2) is 22.6. The molecule has 0 fully saturated rings. The number of rotatable bonds is 21. The van der Waals surface area contributed by atoms with Crippen molar-refractivity contribution in [2.45, 2.75) is 136 Å². The lowest BCUT2D eigenvalue weighted by atomic mass is 10.1. The Morgan fingerprint density at radius 1 is 0.536 bits per heavy atom. The second-order valence-corrected chi connectivity index (χ2v) is 8.40. The van der Waals surface area contributed by atoms with Gasteiger partial charge in [0.25, 0.3) is 0 Å². The smallest absolute Gasteiger partial charge is 0.409 e. The number of ether oxygens (including phenoxy) is 1. The van der Waals surface area contributed by atoms with Gasteiger partial charge in [-0.2, -0.15) is 0 Å². The summed E-state index contributed by atoms with van der Waals surface area (Å²) in [5, 5.41) is 0. The fraction of sp³-hybridized carbons (Fsp3) is 0.960. The maximum Gasteiger partial charge on any atom is 0.409 e. The molecular formula is C25H51NO2. The Balaban J connectivity index is 3.88. The lowest BCUT2D eigenvalue weighted by Crippen LogP contribution is -2.33. The normalized spacial score (nSPS) is 11.0. The maximum atomic E-state index is 12.4. The van der Waals surface area contributed by atoms with Gasteiger partial charge >= 0.3 is 6.09 Å². The number of hydrogen-bond acceptors (Lipinski definition) is 2. The van der Waals surface area contributed by atoms with Gasteiger partial charge < -0.3 is 9.64 Å². The molecule has 0 aromatic carbocycles. The minimum Gasteiger partial charge on any atom is -0.449 e. The van der Waals surface area contributed by atoms with Crippen LogP contribution >= 0.6 is 0 Å². The highest BCUT2D eigenvalue weighted by atomic mass is 16.6. The molecular weight excluding hydrogens is 346 g/mol. The molecule has 0 aromatic rings. The third kappa shape index (κ3) is 18.6. The quantitative estimate of drug-likeness (QED) is 0.182. The van der Waals surface area contributed by atoms with Crippen molar-refractivity contribution in [3.63, 3.8) is 0 Å². The van der Waals surface area contributed by atoms with Crippen LogP contribution in [0.15, 0.2) is 0 Å². The molecule has 0 aromatic heterocycles. The molecule has 0 atom stereocenters. The summed E-state index contributed by atoms with van der Waals surface area (Å²) in [5.74, 6) is 0. The van der Waals surface area contributed by atoms with Crippen molar-refractivity contribution in [2.75, 3.05) is 19.7 Å². The molecule has 0 bridgehead atoms. The van der Waals surface area contributed by atoms with Gasteiger partial charge in [-0.1, -0.05) is 117 Å². The predicted octanol–water partition coefficient (Wildman–Crippen LogP) is 8.51. The highest BCUT2D eigenvalue weighted by molar-refractivity contribution is 5.67. The Labute approximate surface area is 177 Å². The van der Waals surface area contributed by atoms with Gasteiger partial charge in [-0.15, -0.1) is 0 Å². The molecule has 3 heteroatoms. The average molecular weight is 398 g/mol. The fourth-order valence-electron chi connectivity index (χ4n) is 3.59. The summed E-state index contributed by atoms with van der Waals surface area (Å²) in [5.41, 5.74) is 0. The zero-order valence-electron chi connectivity index (χ0n) is 19.6. The van der Waals surface area contributed by atoms with Gasteiger partial charge in [0, 0.05) is 13.1 Å². The molecule has 0 saturated heterocycles. The molecule has 0 aliphatic heterocycles. The summed E-state index contributed by atoms with van der Waals surface area (Å²) < 4.78 is 5.54. The number of hydrogen-bond donors (Lipinski definition) is 0. The van der Waals surface area contributed by atoms with Crippen LogP contribution < -0.4 is 0 Å². The number of amides is 1. The first-order valence-electron chi connectivity index (χ1n) is 12.7. The van der Waals surface area contributed by atoms with Crippen LogP contribution in [0, 0.1) is 0 Å². The minimum absolute atomic E-state index is 0.0797. The van der Waals surface area contributed by atoms with E-state index in [-0.39, 0.29) is 6.09 Å². The Morgan fingerprint density at radius 2 is 0.893 bits per heavy atom. The number of carbonyl (C=O) groups is 1. The first kappa shape index (κ1) is 27.3. The van der Waals surface area contributed by atoms with Crippen molar-refractivity contribution in [3.05, 3.63) is 0 Å². The molecule has 1 amide bonds. The van der Waals surface area contributed by atoms with Crippen molar-refractivity contribution in [1.29, 1.82) is 0 Å². The highest BCUT2D eigenvalue weighted by Crippen LogP contribution is 2.12. The van der Waals surface area contributed by atoms with E-state index >= 15 is 0 Å². The Kier molecular flexibility index (Phi) is 22.0. The number of carbonyl (C=O) groups excluding carboxylic acids is 1. The SMILES string of the molecule is CCCCCCCCCCCCN(CCCCCC)C(=O)OCCCCCC. The van der Waals surface area contributed by atoms with Gasteiger partial charge in [0.05, 0.1) is 6.61 Å². The Bertz CT molecular complexity index is 320. The van der Waals surface area contributed by atoms with Crippen LogP contribution in [0.1, 0.15) is 136 Å². The lowest BCUT2D eigenvalue weighted by Gasteiger charge is -2.22. The summed E-state index contributed by atoms with van der Waals surface area (Å²) in [6, 6.07) is 0. The molecule has 0 saturated carbocycles. The van der Waals surface area contributed by atoms with Gasteiger partial charge in [-0.25, -0.2) is 4.79 Å². The van der Waals surface area contributed by atoms with Crippen molar-refractivity contribution in [1.82, 2.24) is 4.90 Å². The molecule has 168 valence electrons. The lowest BCUT2D eigenvalue weighted by molar-refractivity contribution is 0.0990. The van der Waals surface area contributed by atoms with Crippen molar-refractivity contribution in [2.24, 2.45) is 0 Å². The van der Waals surface area contributed by atoms with Gasteiger partial charge in [0.1, 0.15) is 0 Å². The van der Waals surface area contributed by atoms with Crippen LogP contribution in [-0.4, -0.2) is 30.7 Å². The van der Waals surface area contributed by atoms with Gasteiger partial charge in [-0.05, 0) is 19.3 Å². The topological polar surface area (TPSA) is 29.5 Å². The zero-order chi connectivity index (χ0) is 20.7. The number of unbranched alkanes of at least 4 members (excludes halogenated alkanes) is 15. The van der Waals surface area contributed by atoms with E-state index in [1.165, 1.54) is 96.3 Å². The molecule has 0 N–H and O–H groups in total. The molecule has 28 heavy (non-hydrogen) atoms. The molecule has 0 aliphatic rings. The van der Waals surface area contributed by atoms with Crippen molar-refractivity contribution in [3.8, 4) is 0 Å². The zero-order valence-corrected chi connectivity index (χ0v) is 19.6. The van der Waals surface area contributed by atoms with E-state index in [4.69, 9.17) is 4.74 Å². The Morgan fingerprint density at radius 3 is 1.36 bits per heavy atom. The van der Waals surface area contributed by atoms with Gasteiger partial charge in [-0.3, -0.25) is 0 Å². The Hall–Kier alpha value is -0.730. The minimum atomic E-state index is -0.0797. The van der Waals surface area contributed by atoms with E-state index in [9.17, 15) is 4.79 Å². The van der Waals surface area contributed by atoms with Crippen molar-refractivity contribution >= 4 is 6.09 Å². The molecule has 0 spiro atoms. The average Bonchev–Trinajstić information content (AvgIpc) is 2.70. The fourth-order valence-corrected chi connectivity index (χ4v) is 3.59. The van der Waals surface area contributed by atoms with Gasteiger partial charge in [0.15, 0.2) is 0 Å². The molecule has 0 rings (SSSR count). The first-order chi connectivity index (χ1) is 13.8. The van der Waals surface area contributed by atoms with E-state index in [1.807, 2.05) is 4.90 Å². The standard InChI is InChI=1S/C25H51NO2/c1-4-7-10-13-14-15-16-17-18-20-23-26(22-19-11-8-5-2)25(27)28-24-21-12-9-6-3/h4-24H2,1-3H3. The summed E-state index contributed by atoms with van der Waals surface area (Å²) in [6.45, 7) is 9.03. The number of nitrogens with zero attached hydrogens (tertiary/aromatic N) is 1. The molecule has 0 unspecified atom stereocenters. The van der Waals surface area contributed by atoms with Crippen LogP contribution in [0.3, 0.4) is 0 Å². The van der Waals surface area contributed by atoms with E-state index in [1.54, 1.807) is 0 Å². The monoisotopic (exact) mass is 397 g/mol. The van der Waals surface area contributed by atoms with Crippen LogP contribution in [0.25, 0.3) is 0 Å². The maximum absolute atomic E-state index is 12.4. The second-order valence-electron chi connectivity index (χ2n) is 8.40. The summed E-state index contributed by atoms with van der Waals surface area (Å²) in [4.78, 5) is 14.4. The van der Waals surface area contributed by atoms with E-state index in [0.29, 0.717) is 6.61 Å². The molecule has 0 aliphatic carbocycles. The predicted molar refractivity (Wildman–Crippen MR) is 123 cm³/mol. The van der Waals surface area contributed by atoms with Crippen LogP contribution in [0.5, 0.6) is 0 Å². The van der Waals surface area contributed by atoms with E-state index in [0.717, 1.165) is 32.4 Å². The summed E-state index contributed by atoms with van der Waals surface area (Å²) in [6.07, 6.45) is 22.7. The molecule has 0 radical (unpaired) electrons. The summed E-state index contributed by atoms with van der Waals surface area (Å²) >= 11 is 0.